The molecule has 1 aromatic carbocycles. The monoisotopic (exact) mass is 263 g/mol. The summed E-state index contributed by atoms with van der Waals surface area (Å²) in [5.41, 5.74) is 5.78. The Labute approximate surface area is 88.2 Å². The fourth-order valence-corrected chi connectivity index (χ4v) is 1.42. The van der Waals surface area contributed by atoms with Gasteiger partial charge in [-0.15, -0.1) is 0 Å². The number of halogens is 3. The quantitative estimate of drug-likeness (QED) is 0.670. The van der Waals surface area contributed by atoms with Crippen LogP contribution in [0.4, 0.5) is 8.78 Å². The van der Waals surface area contributed by atoms with E-state index in [0.29, 0.717) is 5.56 Å². The van der Waals surface area contributed by atoms with Crippen LogP contribution in [0.2, 0.25) is 0 Å². The van der Waals surface area contributed by atoms with Gasteiger partial charge in [0.1, 0.15) is 0 Å². The van der Waals surface area contributed by atoms with Gasteiger partial charge in [0, 0.05) is 0 Å². The number of hydrogen-bond donors (Lipinski definition) is 1. The third-order valence-corrected chi connectivity index (χ3v) is 2.60. The van der Waals surface area contributed by atoms with Crippen molar-refractivity contribution >= 4 is 21.7 Å². The predicted molar refractivity (Wildman–Crippen MR) is 52.2 cm³/mol. The second-order valence-corrected chi connectivity index (χ2v) is 3.99. The first-order chi connectivity index (χ1) is 6.46. The van der Waals surface area contributed by atoms with E-state index in [1.165, 1.54) is 12.1 Å². The van der Waals surface area contributed by atoms with Crippen molar-refractivity contribution in [3.8, 4) is 0 Å². The highest BCUT2D eigenvalue weighted by Gasteiger charge is 2.38. The lowest BCUT2D eigenvalue weighted by atomic mass is 10.0. The molecule has 0 aliphatic heterocycles. The number of ketones is 1. The van der Waals surface area contributed by atoms with Crippen molar-refractivity contribution in [2.75, 3.05) is 0 Å². The van der Waals surface area contributed by atoms with E-state index < -0.39 is 16.7 Å². The molecule has 0 bridgehead atoms. The summed E-state index contributed by atoms with van der Waals surface area (Å²) < 4.78 is 22.5. The lowest BCUT2D eigenvalue weighted by Crippen LogP contribution is -2.42. The summed E-state index contributed by atoms with van der Waals surface area (Å²) in [6, 6.07) is 7.97. The predicted octanol–water partition coefficient (Wildman–Crippen LogP) is 2.03. The van der Waals surface area contributed by atoms with E-state index >= 15 is 0 Å². The minimum absolute atomic E-state index is 0.310. The van der Waals surface area contributed by atoms with Gasteiger partial charge in [-0.2, -0.15) is 0 Å². The fraction of sp³-hybridized carbons (Fsp3) is 0.222. The average molecular weight is 264 g/mol. The van der Waals surface area contributed by atoms with E-state index in [1.54, 1.807) is 18.2 Å². The number of hydrogen-bond acceptors (Lipinski definition) is 2. The molecule has 0 saturated heterocycles. The van der Waals surface area contributed by atoms with Gasteiger partial charge in [-0.3, -0.25) is 4.79 Å². The van der Waals surface area contributed by atoms with Gasteiger partial charge in [0.05, 0.1) is 0 Å². The molecular formula is C9H8BrF2NO. The van der Waals surface area contributed by atoms with Crippen LogP contribution in [0.3, 0.4) is 0 Å². The molecule has 14 heavy (non-hydrogen) atoms. The number of rotatable bonds is 3. The molecule has 0 heterocycles. The lowest BCUT2D eigenvalue weighted by molar-refractivity contribution is -0.131. The molecule has 1 rings (SSSR count). The first kappa shape index (κ1) is 11.3. The zero-order valence-electron chi connectivity index (χ0n) is 7.08. The van der Waals surface area contributed by atoms with Gasteiger partial charge in [-0.25, -0.2) is 8.78 Å². The highest BCUT2D eigenvalue weighted by Crippen LogP contribution is 2.28. The molecule has 0 fully saturated rings. The Balaban J connectivity index is 3.02. The third-order valence-electron chi connectivity index (χ3n) is 1.75. The smallest absolute Gasteiger partial charge is 0.299 e. The van der Waals surface area contributed by atoms with Crippen LogP contribution >= 0.6 is 15.9 Å². The number of benzene rings is 1. The molecule has 0 radical (unpaired) electrons. The Morgan fingerprint density at radius 3 is 2.29 bits per heavy atom. The van der Waals surface area contributed by atoms with Crippen LogP contribution in [0, 0.1) is 0 Å². The van der Waals surface area contributed by atoms with E-state index in [2.05, 4.69) is 15.9 Å². The Hall–Kier alpha value is -0.810. The molecule has 76 valence electrons. The maximum absolute atomic E-state index is 12.2. The molecule has 2 nitrogen and oxygen atoms in total. The highest BCUT2D eigenvalue weighted by atomic mass is 79.9. The van der Waals surface area contributed by atoms with Gasteiger partial charge in [0.2, 0.25) is 5.78 Å². The molecule has 1 aromatic rings. The molecule has 0 spiro atoms. The van der Waals surface area contributed by atoms with Gasteiger partial charge in [-0.05, 0) is 5.56 Å². The van der Waals surface area contributed by atoms with Gasteiger partial charge in [-0.1, -0.05) is 46.3 Å². The minimum Gasteiger partial charge on any atom is -0.306 e. The zero-order chi connectivity index (χ0) is 10.8. The third kappa shape index (κ3) is 2.16. The van der Waals surface area contributed by atoms with Crippen molar-refractivity contribution in [2.24, 2.45) is 5.73 Å². The molecule has 1 unspecified atom stereocenters. The number of Topliss-reactive ketones (excluding diaryl/α,β-unsaturated/α-hetero) is 1. The molecular weight excluding hydrogens is 256 g/mol. The number of carbonyl (C=O) groups excluding carboxylic acids is 1. The van der Waals surface area contributed by atoms with Crippen molar-refractivity contribution < 1.29 is 13.6 Å². The SMILES string of the molecule is NC(Br)(C(=O)C(F)F)c1ccccc1. The van der Waals surface area contributed by atoms with Gasteiger partial charge >= 0.3 is 0 Å². The maximum Gasteiger partial charge on any atom is 0.299 e. The molecule has 0 amide bonds. The van der Waals surface area contributed by atoms with Crippen molar-refractivity contribution in [1.29, 1.82) is 0 Å². The molecule has 2 N–H and O–H groups in total. The van der Waals surface area contributed by atoms with Crippen LogP contribution in [0.15, 0.2) is 30.3 Å². The Morgan fingerprint density at radius 1 is 1.36 bits per heavy atom. The van der Waals surface area contributed by atoms with Crippen LogP contribution in [-0.2, 0) is 9.24 Å². The van der Waals surface area contributed by atoms with Crippen molar-refractivity contribution in [3.63, 3.8) is 0 Å². The van der Waals surface area contributed by atoms with Crippen LogP contribution < -0.4 is 5.73 Å². The van der Waals surface area contributed by atoms with Crippen molar-refractivity contribution in [2.45, 2.75) is 10.9 Å². The number of nitrogens with two attached hydrogens (primary N) is 1. The molecule has 0 aromatic heterocycles. The maximum atomic E-state index is 12.2. The fourth-order valence-electron chi connectivity index (χ4n) is 0.982. The second-order valence-electron chi connectivity index (χ2n) is 2.74. The summed E-state index contributed by atoms with van der Waals surface area (Å²) in [5.74, 6) is -1.34. The highest BCUT2D eigenvalue weighted by molar-refractivity contribution is 9.10. The van der Waals surface area contributed by atoms with Crippen LogP contribution in [0.5, 0.6) is 0 Å². The first-order valence-electron chi connectivity index (χ1n) is 3.82. The standard InChI is InChI=1S/C9H8BrF2NO/c10-9(13,7(14)8(11)12)6-4-2-1-3-5-6/h1-5,8H,13H2. The molecule has 0 saturated carbocycles. The molecule has 0 aliphatic carbocycles. The van der Waals surface area contributed by atoms with E-state index in [4.69, 9.17) is 5.73 Å². The minimum atomic E-state index is -3.08. The molecule has 1 atom stereocenters. The van der Waals surface area contributed by atoms with Gasteiger partial charge in [0.25, 0.3) is 6.43 Å². The van der Waals surface area contributed by atoms with Crippen LogP contribution in [0.1, 0.15) is 5.56 Å². The average Bonchev–Trinajstić information content (AvgIpc) is 2.18. The lowest BCUT2D eigenvalue weighted by Gasteiger charge is -2.20. The van der Waals surface area contributed by atoms with E-state index in [9.17, 15) is 13.6 Å². The van der Waals surface area contributed by atoms with Gasteiger partial charge in [0.15, 0.2) is 4.45 Å². The summed E-state index contributed by atoms with van der Waals surface area (Å²) in [6.45, 7) is 0. The summed E-state index contributed by atoms with van der Waals surface area (Å²) in [6.07, 6.45) is -3.08. The van der Waals surface area contributed by atoms with E-state index in [1.807, 2.05) is 0 Å². The Bertz CT molecular complexity index is 327. The van der Waals surface area contributed by atoms with Crippen LogP contribution in [0.25, 0.3) is 0 Å². The zero-order valence-corrected chi connectivity index (χ0v) is 8.67. The van der Waals surface area contributed by atoms with Crippen molar-refractivity contribution in [1.82, 2.24) is 0 Å². The molecule has 0 aliphatic rings. The van der Waals surface area contributed by atoms with Crippen molar-refractivity contribution in [3.05, 3.63) is 35.9 Å². The van der Waals surface area contributed by atoms with E-state index in [0.717, 1.165) is 0 Å². The summed E-state index contributed by atoms with van der Waals surface area (Å²) in [5, 5.41) is 0. The summed E-state index contributed by atoms with van der Waals surface area (Å²) in [7, 11) is 0. The van der Waals surface area contributed by atoms with E-state index in [-0.39, 0.29) is 0 Å². The second kappa shape index (κ2) is 4.14. The van der Waals surface area contributed by atoms with Crippen LogP contribution in [-0.4, -0.2) is 12.2 Å². The Morgan fingerprint density at radius 2 is 1.86 bits per heavy atom. The molecule has 5 heteroatoms. The number of alkyl halides is 3. The summed E-state index contributed by atoms with van der Waals surface area (Å²) in [4.78, 5) is 11.0. The largest absolute Gasteiger partial charge is 0.306 e. The van der Waals surface area contributed by atoms with Gasteiger partial charge < -0.3 is 5.73 Å². The normalized spacial score (nSPS) is 15.2. The topological polar surface area (TPSA) is 43.1 Å². The first-order valence-corrected chi connectivity index (χ1v) is 4.61. The number of carbonyl (C=O) groups is 1. The summed E-state index contributed by atoms with van der Waals surface area (Å²) >= 11 is 2.80. The Kier molecular flexibility index (Phi) is 3.34.